The first-order valence-electron chi connectivity index (χ1n) is 8.49. The first-order valence-corrected chi connectivity index (χ1v) is 10.3. The van der Waals surface area contributed by atoms with E-state index in [4.69, 9.17) is 0 Å². The fourth-order valence-corrected chi connectivity index (χ4v) is 3.89. The largest absolute Gasteiger partial charge is 0.373 e. The molecule has 1 amide bonds. The van der Waals surface area contributed by atoms with Gasteiger partial charge in [0.25, 0.3) is 0 Å². The van der Waals surface area contributed by atoms with Gasteiger partial charge in [0.2, 0.25) is 15.9 Å². The summed E-state index contributed by atoms with van der Waals surface area (Å²) in [6.07, 6.45) is 0.991. The lowest BCUT2D eigenvalue weighted by Gasteiger charge is -2.28. The second kappa shape index (κ2) is 8.85. The highest BCUT2D eigenvalue weighted by molar-refractivity contribution is 7.92. The van der Waals surface area contributed by atoms with Gasteiger partial charge < -0.3 is 10.2 Å². The Bertz CT molecular complexity index is 875. The summed E-state index contributed by atoms with van der Waals surface area (Å²) in [7, 11) is -1.86. The first-order chi connectivity index (χ1) is 12.7. The van der Waals surface area contributed by atoms with Crippen LogP contribution >= 0.6 is 0 Å². The summed E-state index contributed by atoms with van der Waals surface area (Å²) in [5, 5.41) is 2.74. The minimum absolute atomic E-state index is 0.113. The molecule has 0 aromatic heterocycles. The average molecular weight is 393 g/mol. The molecule has 6 nitrogen and oxygen atoms in total. The molecule has 0 aliphatic rings. The number of halogens is 1. The maximum absolute atomic E-state index is 13.5. The number of nitrogens with one attached hydrogen (secondary N) is 1. The quantitative estimate of drug-likeness (QED) is 0.747. The molecule has 0 saturated heterocycles. The van der Waals surface area contributed by atoms with Gasteiger partial charge >= 0.3 is 0 Å². The summed E-state index contributed by atoms with van der Waals surface area (Å²) in [6, 6.07) is 13.8. The molecule has 1 atom stereocenters. The van der Waals surface area contributed by atoms with E-state index in [1.165, 1.54) is 25.1 Å². The molecule has 0 bridgehead atoms. The topological polar surface area (TPSA) is 69.7 Å². The predicted octanol–water partition coefficient (Wildman–Crippen LogP) is 2.23. The summed E-state index contributed by atoms with van der Waals surface area (Å²) < 4.78 is 38.8. The number of carbonyl (C=O) groups is 1. The number of anilines is 2. The molecule has 0 aliphatic carbocycles. The fourth-order valence-electron chi connectivity index (χ4n) is 2.73. The lowest BCUT2D eigenvalue weighted by molar-refractivity contribution is -0.121. The second-order valence-electron chi connectivity index (χ2n) is 6.26. The van der Waals surface area contributed by atoms with Crippen LogP contribution in [0.1, 0.15) is 6.92 Å². The molecule has 0 radical (unpaired) electrons. The SMILES string of the molecule is C[C@@H](C(=O)NCCN(C)c1ccccc1)N(c1cccc(F)c1)S(C)(=O)=O. The number of sulfonamides is 1. The van der Waals surface area contributed by atoms with Crippen molar-refractivity contribution in [2.45, 2.75) is 13.0 Å². The van der Waals surface area contributed by atoms with E-state index < -0.39 is 27.8 Å². The van der Waals surface area contributed by atoms with Gasteiger partial charge in [0, 0.05) is 25.8 Å². The van der Waals surface area contributed by atoms with Crippen molar-refractivity contribution in [3.8, 4) is 0 Å². The Morgan fingerprint density at radius 3 is 2.33 bits per heavy atom. The number of benzene rings is 2. The number of hydrogen-bond acceptors (Lipinski definition) is 4. The van der Waals surface area contributed by atoms with Crippen molar-refractivity contribution in [2.24, 2.45) is 0 Å². The van der Waals surface area contributed by atoms with Gasteiger partial charge in [-0.15, -0.1) is 0 Å². The third-order valence-electron chi connectivity index (χ3n) is 4.09. The molecule has 27 heavy (non-hydrogen) atoms. The van der Waals surface area contributed by atoms with Crippen molar-refractivity contribution in [2.75, 3.05) is 35.6 Å². The number of para-hydroxylation sites is 1. The molecule has 2 aromatic rings. The third-order valence-corrected chi connectivity index (χ3v) is 5.34. The van der Waals surface area contributed by atoms with E-state index in [2.05, 4.69) is 5.32 Å². The fraction of sp³-hybridized carbons (Fsp3) is 0.316. The van der Waals surface area contributed by atoms with Crippen LogP contribution < -0.4 is 14.5 Å². The van der Waals surface area contributed by atoms with E-state index in [9.17, 15) is 17.6 Å². The smallest absolute Gasteiger partial charge is 0.243 e. The highest BCUT2D eigenvalue weighted by atomic mass is 32.2. The van der Waals surface area contributed by atoms with Crippen molar-refractivity contribution < 1.29 is 17.6 Å². The molecular weight excluding hydrogens is 369 g/mol. The summed E-state index contributed by atoms with van der Waals surface area (Å²) in [4.78, 5) is 14.5. The van der Waals surface area contributed by atoms with E-state index in [0.717, 1.165) is 22.3 Å². The molecule has 0 unspecified atom stereocenters. The van der Waals surface area contributed by atoms with Crippen LogP contribution in [0.2, 0.25) is 0 Å². The molecule has 0 spiro atoms. The highest BCUT2D eigenvalue weighted by Crippen LogP contribution is 2.21. The van der Waals surface area contributed by atoms with Crippen LogP contribution in [-0.2, 0) is 14.8 Å². The Labute approximate surface area is 159 Å². The van der Waals surface area contributed by atoms with Crippen LogP contribution in [0.25, 0.3) is 0 Å². The summed E-state index contributed by atoms with van der Waals surface area (Å²) in [5.41, 5.74) is 1.12. The first kappa shape index (κ1) is 20.7. The molecule has 2 rings (SSSR count). The van der Waals surface area contributed by atoms with Gasteiger partial charge in [-0.2, -0.15) is 0 Å². The van der Waals surface area contributed by atoms with Crippen molar-refractivity contribution in [3.63, 3.8) is 0 Å². The minimum atomic E-state index is -3.77. The zero-order chi connectivity index (χ0) is 20.0. The molecule has 0 heterocycles. The molecule has 146 valence electrons. The van der Waals surface area contributed by atoms with Crippen molar-refractivity contribution in [1.82, 2.24) is 5.32 Å². The van der Waals surface area contributed by atoms with Gasteiger partial charge in [-0.05, 0) is 37.3 Å². The monoisotopic (exact) mass is 393 g/mol. The van der Waals surface area contributed by atoms with E-state index in [1.807, 2.05) is 42.3 Å². The van der Waals surface area contributed by atoms with E-state index in [1.54, 1.807) is 0 Å². The number of rotatable bonds is 8. The summed E-state index contributed by atoms with van der Waals surface area (Å²) in [5.74, 6) is -1.02. The molecule has 2 aromatic carbocycles. The average Bonchev–Trinajstić information content (AvgIpc) is 2.61. The van der Waals surface area contributed by atoms with Crippen LogP contribution in [0.15, 0.2) is 54.6 Å². The van der Waals surface area contributed by atoms with Crippen LogP contribution in [0, 0.1) is 5.82 Å². The zero-order valence-corrected chi connectivity index (χ0v) is 16.4. The van der Waals surface area contributed by atoms with E-state index in [0.29, 0.717) is 13.1 Å². The molecule has 0 aliphatic heterocycles. The number of likely N-dealkylation sites (N-methyl/N-ethyl adjacent to an activating group) is 1. The Balaban J connectivity index is 2.03. The normalized spacial score (nSPS) is 12.3. The number of carbonyl (C=O) groups excluding carboxylic acids is 1. The lowest BCUT2D eigenvalue weighted by Crippen LogP contribution is -2.49. The van der Waals surface area contributed by atoms with Crippen LogP contribution in [0.4, 0.5) is 15.8 Å². The summed E-state index contributed by atoms with van der Waals surface area (Å²) >= 11 is 0. The van der Waals surface area contributed by atoms with E-state index in [-0.39, 0.29) is 5.69 Å². The number of nitrogens with zero attached hydrogens (tertiary/aromatic N) is 2. The lowest BCUT2D eigenvalue weighted by atomic mass is 10.2. The molecular formula is C19H24FN3O3S. The van der Waals surface area contributed by atoms with Crippen molar-refractivity contribution in [3.05, 3.63) is 60.4 Å². The van der Waals surface area contributed by atoms with E-state index >= 15 is 0 Å². The van der Waals surface area contributed by atoms with Gasteiger partial charge in [0.05, 0.1) is 11.9 Å². The van der Waals surface area contributed by atoms with Crippen LogP contribution in [-0.4, -0.2) is 46.8 Å². The standard InChI is InChI=1S/C19H24FN3O3S/c1-15(23(27(3,25)26)18-11-7-8-16(20)14-18)19(24)21-12-13-22(2)17-9-5-4-6-10-17/h4-11,14-15H,12-13H2,1-3H3,(H,21,24)/t15-/m0/s1. The Morgan fingerprint density at radius 2 is 1.74 bits per heavy atom. The van der Waals surface area contributed by atoms with Gasteiger partial charge in [0.15, 0.2) is 0 Å². The van der Waals surface area contributed by atoms with Crippen molar-refractivity contribution in [1.29, 1.82) is 0 Å². The molecule has 0 fully saturated rings. The molecule has 1 N–H and O–H groups in total. The maximum Gasteiger partial charge on any atom is 0.243 e. The maximum atomic E-state index is 13.5. The van der Waals surface area contributed by atoms with Gasteiger partial charge in [-0.1, -0.05) is 24.3 Å². The van der Waals surface area contributed by atoms with Gasteiger partial charge in [-0.3, -0.25) is 9.10 Å². The van der Waals surface area contributed by atoms with Gasteiger partial charge in [0.1, 0.15) is 11.9 Å². The van der Waals surface area contributed by atoms with Crippen LogP contribution in [0.3, 0.4) is 0 Å². The zero-order valence-electron chi connectivity index (χ0n) is 15.6. The Kier molecular flexibility index (Phi) is 6.79. The number of amides is 1. The predicted molar refractivity (Wildman–Crippen MR) is 106 cm³/mol. The number of hydrogen-bond donors (Lipinski definition) is 1. The van der Waals surface area contributed by atoms with Crippen LogP contribution in [0.5, 0.6) is 0 Å². The highest BCUT2D eigenvalue weighted by Gasteiger charge is 2.29. The molecule has 0 saturated carbocycles. The Hall–Kier alpha value is -2.61. The Morgan fingerprint density at radius 1 is 1.11 bits per heavy atom. The van der Waals surface area contributed by atoms with Gasteiger partial charge in [-0.25, -0.2) is 12.8 Å². The summed E-state index contributed by atoms with van der Waals surface area (Å²) in [6.45, 7) is 2.37. The minimum Gasteiger partial charge on any atom is -0.373 e. The third kappa shape index (κ3) is 5.68. The molecule has 8 heteroatoms. The van der Waals surface area contributed by atoms with Crippen molar-refractivity contribution >= 4 is 27.3 Å². The second-order valence-corrected chi connectivity index (χ2v) is 8.12.